The maximum absolute atomic E-state index is 6.06. The normalized spacial score (nSPS) is 12.0. The molecule has 146 valence electrons. The average molecular weight is 369 g/mol. The highest BCUT2D eigenvalue weighted by Gasteiger charge is 2.14. The monoisotopic (exact) mass is 368 g/mol. The number of benzene rings is 1. The van der Waals surface area contributed by atoms with Crippen LogP contribution in [0.25, 0.3) is 0 Å². The van der Waals surface area contributed by atoms with Crippen molar-refractivity contribution >= 4 is 5.96 Å². The zero-order valence-corrected chi connectivity index (χ0v) is 17.2. The summed E-state index contributed by atoms with van der Waals surface area (Å²) in [6.07, 6.45) is 4.68. The molecule has 0 aliphatic rings. The first kappa shape index (κ1) is 20.7. The molecule has 0 bridgehead atoms. The average Bonchev–Trinajstić information content (AvgIpc) is 2.61. The second kappa shape index (κ2) is 9.95. The van der Waals surface area contributed by atoms with Gasteiger partial charge in [-0.05, 0) is 64.3 Å². The van der Waals surface area contributed by atoms with Crippen LogP contribution in [0.3, 0.4) is 0 Å². The molecular formula is C22H32N4O. The van der Waals surface area contributed by atoms with Crippen LogP contribution in [-0.2, 0) is 13.0 Å². The van der Waals surface area contributed by atoms with Crippen LogP contribution in [0.15, 0.2) is 47.7 Å². The number of aromatic nitrogens is 1. The molecule has 0 unspecified atom stereocenters. The van der Waals surface area contributed by atoms with Gasteiger partial charge >= 0.3 is 0 Å². The van der Waals surface area contributed by atoms with Crippen LogP contribution in [-0.4, -0.2) is 29.6 Å². The van der Waals surface area contributed by atoms with Gasteiger partial charge < -0.3 is 15.4 Å². The molecule has 0 fully saturated rings. The van der Waals surface area contributed by atoms with E-state index in [0.29, 0.717) is 6.54 Å². The molecule has 0 radical (unpaired) electrons. The molecule has 1 heterocycles. The maximum atomic E-state index is 6.06. The number of hydrogen-bond acceptors (Lipinski definition) is 3. The van der Waals surface area contributed by atoms with Gasteiger partial charge in [0.05, 0.1) is 6.54 Å². The van der Waals surface area contributed by atoms with Crippen molar-refractivity contribution in [1.29, 1.82) is 0 Å². The summed E-state index contributed by atoms with van der Waals surface area (Å²) in [6, 6.07) is 10.2. The van der Waals surface area contributed by atoms with Crippen LogP contribution >= 0.6 is 0 Å². The molecular weight excluding hydrogens is 336 g/mol. The van der Waals surface area contributed by atoms with Gasteiger partial charge in [-0.15, -0.1) is 0 Å². The molecule has 0 amide bonds. The number of aliphatic imine (C=N–C) groups is 1. The summed E-state index contributed by atoms with van der Waals surface area (Å²) in [5.41, 5.74) is 3.37. The molecule has 27 heavy (non-hydrogen) atoms. The highest BCUT2D eigenvalue weighted by Crippen LogP contribution is 2.23. The molecule has 0 atom stereocenters. The highest BCUT2D eigenvalue weighted by molar-refractivity contribution is 5.79. The van der Waals surface area contributed by atoms with Crippen molar-refractivity contribution in [2.24, 2.45) is 4.99 Å². The SMILES string of the molecule is CCNC(=NCc1ccccc1OC(C)(C)C)NCCc1ccncc1C. The Bertz CT molecular complexity index is 750. The van der Waals surface area contributed by atoms with E-state index in [0.717, 1.165) is 36.8 Å². The van der Waals surface area contributed by atoms with Crippen molar-refractivity contribution < 1.29 is 4.74 Å². The van der Waals surface area contributed by atoms with Crippen molar-refractivity contribution in [1.82, 2.24) is 15.6 Å². The molecule has 0 aliphatic heterocycles. The number of aryl methyl sites for hydroxylation is 1. The van der Waals surface area contributed by atoms with Crippen LogP contribution < -0.4 is 15.4 Å². The summed E-state index contributed by atoms with van der Waals surface area (Å²) in [5.74, 6) is 1.70. The number of ether oxygens (including phenoxy) is 1. The minimum absolute atomic E-state index is 0.231. The molecule has 1 aromatic heterocycles. The smallest absolute Gasteiger partial charge is 0.191 e. The standard InChI is InChI=1S/C22H32N4O/c1-6-24-21(25-14-12-18-11-13-23-15-17(18)2)26-16-19-9-7-8-10-20(19)27-22(3,4)5/h7-11,13,15H,6,12,14,16H2,1-5H3,(H2,24,25,26). The van der Waals surface area contributed by atoms with Crippen molar-refractivity contribution in [2.75, 3.05) is 13.1 Å². The summed E-state index contributed by atoms with van der Waals surface area (Å²) < 4.78 is 6.06. The van der Waals surface area contributed by atoms with Gasteiger partial charge in [0.1, 0.15) is 11.4 Å². The molecule has 0 aliphatic carbocycles. The van der Waals surface area contributed by atoms with E-state index in [1.165, 1.54) is 11.1 Å². The lowest BCUT2D eigenvalue weighted by atomic mass is 10.1. The fraction of sp³-hybridized carbons (Fsp3) is 0.455. The third kappa shape index (κ3) is 7.29. The summed E-state index contributed by atoms with van der Waals surface area (Å²) >= 11 is 0. The van der Waals surface area contributed by atoms with Gasteiger partial charge in [0.2, 0.25) is 0 Å². The number of hydrogen-bond donors (Lipinski definition) is 2. The number of nitrogens with zero attached hydrogens (tertiary/aromatic N) is 2. The second-order valence-corrected chi connectivity index (χ2v) is 7.50. The van der Waals surface area contributed by atoms with E-state index in [4.69, 9.17) is 9.73 Å². The zero-order chi connectivity index (χ0) is 19.7. The molecule has 2 N–H and O–H groups in total. The van der Waals surface area contributed by atoms with Gasteiger partial charge in [0.15, 0.2) is 5.96 Å². The first-order chi connectivity index (χ1) is 12.9. The van der Waals surface area contributed by atoms with Crippen molar-refractivity contribution in [3.05, 3.63) is 59.4 Å². The Morgan fingerprint density at radius 1 is 1.11 bits per heavy atom. The van der Waals surface area contributed by atoms with Gasteiger partial charge in [0.25, 0.3) is 0 Å². The third-order valence-electron chi connectivity index (χ3n) is 3.96. The van der Waals surface area contributed by atoms with Gasteiger partial charge in [-0.3, -0.25) is 4.98 Å². The Morgan fingerprint density at radius 2 is 1.89 bits per heavy atom. The lowest BCUT2D eigenvalue weighted by molar-refractivity contribution is 0.129. The van der Waals surface area contributed by atoms with E-state index >= 15 is 0 Å². The maximum Gasteiger partial charge on any atom is 0.191 e. The minimum atomic E-state index is -0.231. The van der Waals surface area contributed by atoms with Crippen LogP contribution in [0, 0.1) is 6.92 Å². The lowest BCUT2D eigenvalue weighted by Gasteiger charge is -2.23. The number of pyridine rings is 1. The Kier molecular flexibility index (Phi) is 7.65. The van der Waals surface area contributed by atoms with Gasteiger partial charge in [0, 0.05) is 31.0 Å². The predicted molar refractivity (Wildman–Crippen MR) is 112 cm³/mol. The van der Waals surface area contributed by atoms with Crippen LogP contribution in [0.1, 0.15) is 44.4 Å². The first-order valence-electron chi connectivity index (χ1n) is 9.57. The molecule has 0 saturated heterocycles. The quantitative estimate of drug-likeness (QED) is 0.575. The van der Waals surface area contributed by atoms with Gasteiger partial charge in [-0.1, -0.05) is 18.2 Å². The van der Waals surface area contributed by atoms with Crippen LogP contribution in [0.4, 0.5) is 0 Å². The Morgan fingerprint density at radius 3 is 2.59 bits per heavy atom. The zero-order valence-electron chi connectivity index (χ0n) is 17.2. The fourth-order valence-electron chi connectivity index (χ4n) is 2.67. The Balaban J connectivity index is 2.00. The lowest BCUT2D eigenvalue weighted by Crippen LogP contribution is -2.38. The first-order valence-corrected chi connectivity index (χ1v) is 9.57. The van der Waals surface area contributed by atoms with E-state index in [1.54, 1.807) is 0 Å². The van der Waals surface area contributed by atoms with E-state index in [9.17, 15) is 0 Å². The van der Waals surface area contributed by atoms with E-state index in [1.807, 2.05) is 30.6 Å². The molecule has 2 rings (SSSR count). The van der Waals surface area contributed by atoms with Crippen molar-refractivity contribution in [2.45, 2.75) is 53.2 Å². The molecule has 2 aromatic rings. The molecule has 5 nitrogen and oxygen atoms in total. The van der Waals surface area contributed by atoms with Crippen LogP contribution in [0.5, 0.6) is 5.75 Å². The van der Waals surface area contributed by atoms with Crippen molar-refractivity contribution in [3.8, 4) is 5.75 Å². The summed E-state index contributed by atoms with van der Waals surface area (Å²) in [5, 5.41) is 6.72. The topological polar surface area (TPSA) is 58.5 Å². The van der Waals surface area contributed by atoms with Crippen LogP contribution in [0.2, 0.25) is 0 Å². The van der Waals surface area contributed by atoms with Gasteiger partial charge in [-0.25, -0.2) is 4.99 Å². The number of nitrogens with one attached hydrogen (secondary N) is 2. The van der Waals surface area contributed by atoms with Crippen molar-refractivity contribution in [3.63, 3.8) is 0 Å². The predicted octanol–water partition coefficient (Wildman–Crippen LogP) is 3.87. The molecule has 0 spiro atoms. The van der Waals surface area contributed by atoms with E-state index < -0.39 is 0 Å². The largest absolute Gasteiger partial charge is 0.488 e. The number of guanidine groups is 1. The molecule has 5 heteroatoms. The summed E-state index contributed by atoms with van der Waals surface area (Å²) in [4.78, 5) is 8.88. The van der Waals surface area contributed by atoms with Gasteiger partial charge in [-0.2, -0.15) is 0 Å². The molecule has 1 aromatic carbocycles. The summed E-state index contributed by atoms with van der Waals surface area (Å²) in [7, 11) is 0. The third-order valence-corrected chi connectivity index (χ3v) is 3.96. The molecule has 0 saturated carbocycles. The minimum Gasteiger partial charge on any atom is -0.488 e. The summed E-state index contributed by atoms with van der Waals surface area (Å²) in [6.45, 7) is 12.5. The Labute approximate surface area is 163 Å². The Hall–Kier alpha value is -2.56. The van der Waals surface area contributed by atoms with E-state index in [-0.39, 0.29) is 5.60 Å². The number of para-hydroxylation sites is 1. The fourth-order valence-corrected chi connectivity index (χ4v) is 2.67. The van der Waals surface area contributed by atoms with E-state index in [2.05, 4.69) is 62.4 Å². The second-order valence-electron chi connectivity index (χ2n) is 7.50. The number of rotatable bonds is 7. The highest BCUT2D eigenvalue weighted by atomic mass is 16.5.